The van der Waals surface area contributed by atoms with Crippen molar-refractivity contribution in [3.63, 3.8) is 0 Å². The SMILES string of the molecule is Cc1cc(C)c(S(=O)(=O)N2CCC(C)CC2CN)s1.Cl. The number of sulfonamides is 1. The Bertz CT molecular complexity index is 557. The molecule has 2 heterocycles. The second kappa shape index (κ2) is 6.75. The smallest absolute Gasteiger partial charge is 0.253 e. The van der Waals surface area contributed by atoms with Gasteiger partial charge in [-0.15, -0.1) is 23.7 Å². The standard InChI is InChI=1S/C13H22N2O2S2.ClH/c1-9-4-5-15(12(6-9)8-14)19(16,17)13-10(2)7-11(3)18-13;/h7,9,12H,4-6,8,14H2,1-3H3;1H. The van der Waals surface area contributed by atoms with Crippen molar-refractivity contribution in [2.24, 2.45) is 11.7 Å². The summed E-state index contributed by atoms with van der Waals surface area (Å²) in [5, 5.41) is 0. The largest absolute Gasteiger partial charge is 0.329 e. The quantitative estimate of drug-likeness (QED) is 0.921. The van der Waals surface area contributed by atoms with Crippen LogP contribution >= 0.6 is 23.7 Å². The van der Waals surface area contributed by atoms with Crippen LogP contribution in [0.2, 0.25) is 0 Å². The van der Waals surface area contributed by atoms with Gasteiger partial charge in [-0.05, 0) is 44.2 Å². The fraction of sp³-hybridized carbons (Fsp3) is 0.692. The van der Waals surface area contributed by atoms with Crippen LogP contribution < -0.4 is 5.73 Å². The van der Waals surface area contributed by atoms with Gasteiger partial charge in [0, 0.05) is 24.0 Å². The first-order valence-corrected chi connectivity index (χ1v) is 8.91. The Balaban J connectivity index is 0.00000200. The number of aryl methyl sites for hydroxylation is 2. The summed E-state index contributed by atoms with van der Waals surface area (Å²) in [5.41, 5.74) is 6.62. The molecule has 1 fully saturated rings. The molecular weight excluding hydrogens is 316 g/mol. The first kappa shape index (κ1) is 17.9. The van der Waals surface area contributed by atoms with Crippen molar-refractivity contribution in [3.05, 3.63) is 16.5 Å². The highest BCUT2D eigenvalue weighted by molar-refractivity contribution is 7.91. The number of thiophene rings is 1. The maximum Gasteiger partial charge on any atom is 0.253 e. The van der Waals surface area contributed by atoms with E-state index < -0.39 is 10.0 Å². The van der Waals surface area contributed by atoms with Crippen molar-refractivity contribution >= 4 is 33.8 Å². The fourth-order valence-electron chi connectivity index (χ4n) is 2.74. The van der Waals surface area contributed by atoms with Crippen LogP contribution in [0.15, 0.2) is 10.3 Å². The van der Waals surface area contributed by atoms with E-state index in [0.29, 0.717) is 23.2 Å². The van der Waals surface area contributed by atoms with E-state index in [1.54, 1.807) is 4.31 Å². The van der Waals surface area contributed by atoms with Gasteiger partial charge in [0.05, 0.1) is 0 Å². The first-order valence-electron chi connectivity index (χ1n) is 6.65. The summed E-state index contributed by atoms with van der Waals surface area (Å²) in [6.45, 7) is 6.94. The second-order valence-corrected chi connectivity index (χ2v) is 8.80. The molecule has 0 spiro atoms. The van der Waals surface area contributed by atoms with Crippen molar-refractivity contribution in [3.8, 4) is 0 Å². The highest BCUT2D eigenvalue weighted by Gasteiger charge is 2.36. The van der Waals surface area contributed by atoms with Crippen LogP contribution in [0.3, 0.4) is 0 Å². The summed E-state index contributed by atoms with van der Waals surface area (Å²) in [5.74, 6) is 0.547. The van der Waals surface area contributed by atoms with Crippen LogP contribution in [0.25, 0.3) is 0 Å². The zero-order valence-corrected chi connectivity index (χ0v) is 14.6. The van der Waals surface area contributed by atoms with Gasteiger partial charge in [-0.25, -0.2) is 8.42 Å². The molecule has 116 valence electrons. The second-order valence-electron chi connectivity index (χ2n) is 5.46. The number of hydrogen-bond acceptors (Lipinski definition) is 4. The minimum atomic E-state index is -3.38. The van der Waals surface area contributed by atoms with Gasteiger partial charge < -0.3 is 5.73 Å². The first-order chi connectivity index (χ1) is 8.86. The lowest BCUT2D eigenvalue weighted by Gasteiger charge is -2.36. The van der Waals surface area contributed by atoms with Crippen LogP contribution in [0, 0.1) is 19.8 Å². The molecule has 0 amide bonds. The van der Waals surface area contributed by atoms with E-state index in [9.17, 15) is 8.42 Å². The minimum Gasteiger partial charge on any atom is -0.329 e. The Kier molecular flexibility index (Phi) is 6.04. The van der Waals surface area contributed by atoms with Gasteiger partial charge in [0.15, 0.2) is 0 Å². The lowest BCUT2D eigenvalue weighted by Crippen LogP contribution is -2.49. The number of nitrogens with zero attached hydrogens (tertiary/aromatic N) is 1. The number of piperidine rings is 1. The molecule has 2 N–H and O–H groups in total. The zero-order valence-electron chi connectivity index (χ0n) is 12.1. The molecule has 2 rings (SSSR count). The van der Waals surface area contributed by atoms with Crippen LogP contribution in [-0.4, -0.2) is 31.9 Å². The van der Waals surface area contributed by atoms with Crippen LogP contribution in [-0.2, 0) is 10.0 Å². The van der Waals surface area contributed by atoms with Gasteiger partial charge in [0.25, 0.3) is 10.0 Å². The summed E-state index contributed by atoms with van der Waals surface area (Å²) in [4.78, 5) is 1.03. The van der Waals surface area contributed by atoms with Crippen molar-refractivity contribution < 1.29 is 8.42 Å². The monoisotopic (exact) mass is 338 g/mol. The zero-order chi connectivity index (χ0) is 14.2. The van der Waals surface area contributed by atoms with Crippen molar-refractivity contribution in [1.29, 1.82) is 0 Å². The van der Waals surface area contributed by atoms with E-state index in [2.05, 4.69) is 6.92 Å². The van der Waals surface area contributed by atoms with Crippen LogP contribution in [0.1, 0.15) is 30.2 Å². The van der Waals surface area contributed by atoms with Crippen molar-refractivity contribution in [2.45, 2.75) is 43.9 Å². The molecule has 4 nitrogen and oxygen atoms in total. The predicted octanol–water partition coefficient (Wildman–Crippen LogP) is 2.53. The van der Waals surface area contributed by atoms with E-state index in [-0.39, 0.29) is 18.4 Å². The molecule has 2 unspecified atom stereocenters. The Morgan fingerprint density at radius 1 is 1.45 bits per heavy atom. The topological polar surface area (TPSA) is 63.4 Å². The van der Waals surface area contributed by atoms with E-state index in [1.165, 1.54) is 11.3 Å². The van der Waals surface area contributed by atoms with Gasteiger partial charge in [-0.1, -0.05) is 6.92 Å². The van der Waals surface area contributed by atoms with Gasteiger partial charge in [0.1, 0.15) is 4.21 Å². The Morgan fingerprint density at radius 3 is 2.60 bits per heavy atom. The lowest BCUT2D eigenvalue weighted by molar-refractivity contribution is 0.211. The predicted molar refractivity (Wildman–Crippen MR) is 86.2 cm³/mol. The third-order valence-corrected chi connectivity index (χ3v) is 7.45. The lowest BCUT2D eigenvalue weighted by atomic mass is 9.94. The molecule has 0 saturated carbocycles. The molecule has 0 aliphatic carbocycles. The molecule has 1 aromatic heterocycles. The Labute approximate surface area is 131 Å². The summed E-state index contributed by atoms with van der Waals surface area (Å²) in [7, 11) is -3.38. The summed E-state index contributed by atoms with van der Waals surface area (Å²) >= 11 is 1.36. The number of hydrogen-bond donors (Lipinski definition) is 1. The van der Waals surface area contributed by atoms with Crippen molar-refractivity contribution in [2.75, 3.05) is 13.1 Å². The molecular formula is C13H23ClN2O2S2. The normalized spacial score (nSPS) is 24.4. The van der Waals surface area contributed by atoms with E-state index in [0.717, 1.165) is 23.3 Å². The van der Waals surface area contributed by atoms with Crippen LogP contribution in [0.5, 0.6) is 0 Å². The summed E-state index contributed by atoms with van der Waals surface area (Å²) in [6.07, 6.45) is 1.78. The number of nitrogens with two attached hydrogens (primary N) is 1. The van der Waals surface area contributed by atoms with E-state index >= 15 is 0 Å². The average molecular weight is 339 g/mol. The third kappa shape index (κ3) is 3.36. The molecule has 0 radical (unpaired) electrons. The fourth-order valence-corrected chi connectivity index (χ4v) is 6.18. The molecule has 20 heavy (non-hydrogen) atoms. The minimum absolute atomic E-state index is 0. The van der Waals surface area contributed by atoms with Crippen LogP contribution in [0.4, 0.5) is 0 Å². The Morgan fingerprint density at radius 2 is 2.10 bits per heavy atom. The molecule has 7 heteroatoms. The highest BCUT2D eigenvalue weighted by atomic mass is 35.5. The highest BCUT2D eigenvalue weighted by Crippen LogP contribution is 2.33. The van der Waals surface area contributed by atoms with E-state index in [4.69, 9.17) is 5.73 Å². The average Bonchev–Trinajstić information content (AvgIpc) is 2.68. The van der Waals surface area contributed by atoms with Crippen molar-refractivity contribution in [1.82, 2.24) is 4.31 Å². The molecule has 1 saturated heterocycles. The molecule has 1 aromatic rings. The number of rotatable bonds is 3. The Hall–Kier alpha value is -0.140. The molecule has 1 aliphatic rings. The van der Waals surface area contributed by atoms with Gasteiger partial charge in [0.2, 0.25) is 0 Å². The summed E-state index contributed by atoms with van der Waals surface area (Å²) < 4.78 is 27.7. The van der Waals surface area contributed by atoms with Gasteiger partial charge in [-0.2, -0.15) is 4.31 Å². The van der Waals surface area contributed by atoms with E-state index in [1.807, 2.05) is 19.9 Å². The van der Waals surface area contributed by atoms with Gasteiger partial charge in [-0.3, -0.25) is 0 Å². The third-order valence-electron chi connectivity index (χ3n) is 3.73. The molecule has 0 bridgehead atoms. The number of halogens is 1. The van der Waals surface area contributed by atoms with Gasteiger partial charge >= 0.3 is 0 Å². The maximum absolute atomic E-state index is 12.8. The molecule has 1 aliphatic heterocycles. The molecule has 0 aromatic carbocycles. The maximum atomic E-state index is 12.8. The molecule has 2 atom stereocenters. The summed E-state index contributed by atoms with van der Waals surface area (Å²) in [6, 6.07) is 1.87.